The van der Waals surface area contributed by atoms with Gasteiger partial charge < -0.3 is 0 Å². The lowest BCUT2D eigenvalue weighted by atomic mass is 9.92. The van der Waals surface area contributed by atoms with Crippen molar-refractivity contribution in [2.75, 3.05) is 0 Å². The second-order valence-electron chi connectivity index (χ2n) is 16.1. The van der Waals surface area contributed by atoms with E-state index in [0.717, 1.165) is 53.3 Å². The number of allylic oxidation sites excluding steroid dienone is 5. The Labute approximate surface area is 368 Å². The molecule has 294 valence electrons. The summed E-state index contributed by atoms with van der Waals surface area (Å²) in [4.78, 5) is 17.2. The van der Waals surface area contributed by atoms with Gasteiger partial charge in [-0.05, 0) is 100 Å². The maximum Gasteiger partial charge on any atom is 0.164 e. The average molecular weight is 830 g/mol. The molecular weight excluding hydrogens is 791 g/mol. The van der Waals surface area contributed by atoms with Crippen LogP contribution in [0.1, 0.15) is 35.3 Å². The zero-order valence-corrected chi connectivity index (χ0v) is 35.5. The highest BCUT2D eigenvalue weighted by Crippen LogP contribution is 2.44. The van der Waals surface area contributed by atoms with Gasteiger partial charge in [0.1, 0.15) is 0 Å². The van der Waals surface area contributed by atoms with Gasteiger partial charge in [0, 0.05) is 51.8 Å². The SMILES string of the molecule is C1=CC(c2ccc(-c3ccccc3-c3ccc4sc5cccc(-c6nc(-c7ccccc7)nc(-c7cccc(-c8cccc9c%10c(sc89)CCC=C%10)c7)n6)c5c4c3)cc2)=CCC1. The van der Waals surface area contributed by atoms with Crippen molar-refractivity contribution in [3.63, 3.8) is 0 Å². The molecule has 7 aromatic carbocycles. The van der Waals surface area contributed by atoms with Gasteiger partial charge in [0.15, 0.2) is 17.5 Å². The summed E-state index contributed by atoms with van der Waals surface area (Å²) in [6, 6.07) is 57.0. The van der Waals surface area contributed by atoms with E-state index in [1.165, 1.54) is 74.3 Å². The van der Waals surface area contributed by atoms with Gasteiger partial charge in [0.2, 0.25) is 0 Å². The Kier molecular flexibility index (Phi) is 9.16. The summed E-state index contributed by atoms with van der Waals surface area (Å²) >= 11 is 3.75. The summed E-state index contributed by atoms with van der Waals surface area (Å²) in [5.74, 6) is 1.98. The molecule has 0 N–H and O–H groups in total. The van der Waals surface area contributed by atoms with Gasteiger partial charge in [0.05, 0.1) is 0 Å². The lowest BCUT2D eigenvalue weighted by Gasteiger charge is -2.13. The molecule has 0 fully saturated rings. The largest absolute Gasteiger partial charge is 0.208 e. The average Bonchev–Trinajstić information content (AvgIpc) is 3.93. The Balaban J connectivity index is 0.984. The lowest BCUT2D eigenvalue weighted by molar-refractivity contribution is 1.02. The van der Waals surface area contributed by atoms with Crippen LogP contribution in [0.15, 0.2) is 182 Å². The molecule has 0 unspecified atom stereocenters. The first kappa shape index (κ1) is 36.8. The zero-order valence-electron chi connectivity index (χ0n) is 33.9. The monoisotopic (exact) mass is 829 g/mol. The van der Waals surface area contributed by atoms with Crippen LogP contribution in [0.3, 0.4) is 0 Å². The van der Waals surface area contributed by atoms with Gasteiger partial charge in [-0.3, -0.25) is 0 Å². The molecule has 0 saturated carbocycles. The number of aryl methyl sites for hydroxylation is 1. The normalized spacial score (nSPS) is 13.5. The number of thiophene rings is 2. The predicted molar refractivity (Wildman–Crippen MR) is 264 cm³/mol. The summed E-state index contributed by atoms with van der Waals surface area (Å²) in [7, 11) is 0. The molecule has 0 spiro atoms. The zero-order chi connectivity index (χ0) is 41.0. The van der Waals surface area contributed by atoms with Crippen LogP contribution in [-0.2, 0) is 6.42 Å². The van der Waals surface area contributed by atoms with Crippen molar-refractivity contribution >= 4 is 64.6 Å². The number of hydrogen-bond acceptors (Lipinski definition) is 5. The fraction of sp³-hybridized carbons (Fsp3) is 0.0702. The van der Waals surface area contributed by atoms with Crippen molar-refractivity contribution in [1.82, 2.24) is 15.0 Å². The van der Waals surface area contributed by atoms with Crippen LogP contribution in [0, 0.1) is 0 Å². The van der Waals surface area contributed by atoms with Crippen LogP contribution in [0.4, 0.5) is 0 Å². The molecule has 0 amide bonds. The van der Waals surface area contributed by atoms with E-state index >= 15 is 0 Å². The van der Waals surface area contributed by atoms with E-state index in [9.17, 15) is 0 Å². The Morgan fingerprint density at radius 2 is 1.06 bits per heavy atom. The van der Waals surface area contributed by atoms with E-state index in [1.54, 1.807) is 0 Å². The summed E-state index contributed by atoms with van der Waals surface area (Å²) in [6.45, 7) is 0. The van der Waals surface area contributed by atoms with E-state index in [0.29, 0.717) is 17.5 Å². The highest BCUT2D eigenvalue weighted by atomic mass is 32.1. The van der Waals surface area contributed by atoms with Crippen molar-refractivity contribution in [3.8, 4) is 67.5 Å². The van der Waals surface area contributed by atoms with E-state index < -0.39 is 0 Å². The molecule has 12 rings (SSSR count). The number of aromatic nitrogens is 3. The Morgan fingerprint density at radius 3 is 1.92 bits per heavy atom. The van der Waals surface area contributed by atoms with E-state index in [1.807, 2.05) is 40.9 Å². The van der Waals surface area contributed by atoms with Crippen LogP contribution >= 0.6 is 22.7 Å². The maximum atomic E-state index is 5.33. The number of hydrogen-bond donors (Lipinski definition) is 0. The maximum absolute atomic E-state index is 5.33. The molecule has 0 bridgehead atoms. The van der Waals surface area contributed by atoms with E-state index in [2.05, 4.69) is 170 Å². The molecule has 0 aliphatic heterocycles. The third kappa shape index (κ3) is 6.53. The quantitative estimate of drug-likeness (QED) is 0.161. The second-order valence-corrected chi connectivity index (χ2v) is 18.3. The van der Waals surface area contributed by atoms with Gasteiger partial charge >= 0.3 is 0 Å². The molecule has 3 heterocycles. The van der Waals surface area contributed by atoms with Gasteiger partial charge in [-0.1, -0.05) is 164 Å². The van der Waals surface area contributed by atoms with Crippen molar-refractivity contribution < 1.29 is 0 Å². The standard InChI is InChI=1S/C57H39N3S2/c1-3-14-36(15-4-1)37-28-30-38(31-29-37)43-20-7-8-21-44(43)41-32-33-51-49(35-41)53-48(25-13-27-52(53)61-51)57-59-55(39-16-5-2-6-17-39)58-56(60-57)42-19-11-18-40(34-42)45-23-12-24-47-46-22-9-10-26-50(46)62-54(45)47/h2-3,5-9,11-25,27-35H,1,4,10,26H2. The number of rotatable bonds is 7. The van der Waals surface area contributed by atoms with Crippen molar-refractivity contribution in [1.29, 1.82) is 0 Å². The first-order valence-corrected chi connectivity index (χ1v) is 23.0. The predicted octanol–water partition coefficient (Wildman–Crippen LogP) is 16.1. The summed E-state index contributed by atoms with van der Waals surface area (Å²) < 4.78 is 3.78. The molecular formula is C57H39N3S2. The van der Waals surface area contributed by atoms with E-state index in [-0.39, 0.29) is 0 Å². The molecule has 3 aromatic heterocycles. The molecule has 10 aromatic rings. The van der Waals surface area contributed by atoms with Crippen LogP contribution in [0.5, 0.6) is 0 Å². The summed E-state index contributed by atoms with van der Waals surface area (Å²) in [5.41, 5.74) is 14.1. The van der Waals surface area contributed by atoms with Gasteiger partial charge in [-0.15, -0.1) is 22.7 Å². The third-order valence-electron chi connectivity index (χ3n) is 12.3. The first-order chi connectivity index (χ1) is 30.7. The lowest BCUT2D eigenvalue weighted by Crippen LogP contribution is -2.00. The molecule has 5 heteroatoms. The Bertz CT molecular complexity index is 3460. The van der Waals surface area contributed by atoms with Crippen LogP contribution in [0.2, 0.25) is 0 Å². The molecule has 3 nitrogen and oxygen atoms in total. The number of nitrogens with zero attached hydrogens (tertiary/aromatic N) is 3. The minimum Gasteiger partial charge on any atom is -0.208 e. The number of fused-ring (bicyclic) bond motifs is 6. The minimum atomic E-state index is 0.656. The van der Waals surface area contributed by atoms with Crippen molar-refractivity contribution in [3.05, 3.63) is 198 Å². The first-order valence-electron chi connectivity index (χ1n) is 21.4. The second kappa shape index (κ2) is 15.4. The Hall–Kier alpha value is -7.05. The van der Waals surface area contributed by atoms with Gasteiger partial charge in [-0.2, -0.15) is 0 Å². The highest BCUT2D eigenvalue weighted by Gasteiger charge is 2.20. The minimum absolute atomic E-state index is 0.656. The fourth-order valence-corrected chi connectivity index (χ4v) is 11.7. The molecule has 2 aliphatic rings. The van der Waals surface area contributed by atoms with Crippen LogP contribution in [0.25, 0.3) is 109 Å². The van der Waals surface area contributed by atoms with Crippen molar-refractivity contribution in [2.45, 2.75) is 25.7 Å². The molecule has 0 radical (unpaired) electrons. The van der Waals surface area contributed by atoms with Crippen LogP contribution < -0.4 is 0 Å². The molecule has 0 saturated heterocycles. The van der Waals surface area contributed by atoms with E-state index in [4.69, 9.17) is 15.0 Å². The summed E-state index contributed by atoms with van der Waals surface area (Å²) in [6.07, 6.45) is 15.9. The third-order valence-corrected chi connectivity index (χ3v) is 14.7. The van der Waals surface area contributed by atoms with Gasteiger partial charge in [-0.25, -0.2) is 15.0 Å². The molecule has 0 atom stereocenters. The molecule has 62 heavy (non-hydrogen) atoms. The fourth-order valence-electron chi connectivity index (χ4n) is 9.20. The van der Waals surface area contributed by atoms with Crippen LogP contribution in [-0.4, -0.2) is 15.0 Å². The number of benzene rings is 7. The smallest absolute Gasteiger partial charge is 0.164 e. The highest BCUT2D eigenvalue weighted by molar-refractivity contribution is 7.26. The van der Waals surface area contributed by atoms with Crippen molar-refractivity contribution in [2.24, 2.45) is 0 Å². The Morgan fingerprint density at radius 1 is 0.403 bits per heavy atom. The van der Waals surface area contributed by atoms with Gasteiger partial charge in [0.25, 0.3) is 0 Å². The summed E-state index contributed by atoms with van der Waals surface area (Å²) in [5, 5.41) is 3.70. The topological polar surface area (TPSA) is 38.7 Å². The molecule has 2 aliphatic carbocycles.